The smallest absolute Gasteiger partial charge is 0.412 e. The monoisotopic (exact) mass is 556 g/mol. The Morgan fingerprint density at radius 3 is 0.286 bits per heavy atom. The van der Waals surface area contributed by atoms with Crippen molar-refractivity contribution in [2.75, 3.05) is 0 Å². The summed E-state index contributed by atoms with van der Waals surface area (Å²) in [7, 11) is 0. The van der Waals surface area contributed by atoms with Crippen LogP contribution in [-0.2, 0) is 39.0 Å². The van der Waals surface area contributed by atoms with Gasteiger partial charge in [0.2, 0.25) is 0 Å². The summed E-state index contributed by atoms with van der Waals surface area (Å²) < 4.78 is 0. The van der Waals surface area contributed by atoms with Crippen molar-refractivity contribution in [2.24, 2.45) is 0 Å². The molecule has 176 valence electrons. The predicted molar refractivity (Wildman–Crippen MR) is 77.6 cm³/mol. The summed E-state index contributed by atoms with van der Waals surface area (Å²) in [5.41, 5.74) is 0. The number of rotatable bonds is 0. The van der Waals surface area contributed by atoms with Gasteiger partial charge in [-0.3, -0.25) is 0 Å². The van der Waals surface area contributed by atoms with Crippen LogP contribution in [0.5, 0.6) is 0 Å². The van der Waals surface area contributed by atoms with E-state index in [1.165, 1.54) is 0 Å². The molecule has 0 saturated heterocycles. The van der Waals surface area contributed by atoms with Crippen LogP contribution in [0, 0.1) is 61.3 Å². The number of hydrogen-bond acceptors (Lipinski definition) is 12. The molecule has 0 radical (unpaired) electrons. The first-order chi connectivity index (χ1) is 6.93. The summed E-state index contributed by atoms with van der Waals surface area (Å²) >= 11 is 0. The molecule has 0 unspecified atom stereocenters. The molecule has 28 heavy (non-hydrogen) atoms. The first-order valence-corrected chi connectivity index (χ1v) is 2.19. The Morgan fingerprint density at radius 1 is 0.286 bits per heavy atom. The van der Waals surface area contributed by atoms with Crippen molar-refractivity contribution >= 4 is 0 Å². The van der Waals surface area contributed by atoms with Crippen molar-refractivity contribution in [1.82, 2.24) is 0 Å². The van der Waals surface area contributed by atoms with Gasteiger partial charge in [-0.25, -0.2) is 0 Å². The molecule has 0 aliphatic rings. The maximum absolute atomic E-state index is 8.25. The van der Waals surface area contributed by atoms with E-state index < -0.39 is 20.3 Å². The maximum atomic E-state index is 8.25. The largest absolute Gasteiger partial charge is 2.00 e. The van der Waals surface area contributed by atoms with Crippen LogP contribution >= 0.6 is 0 Å². The average Bonchev–Trinajstić information content (AvgIpc) is 1.76. The minimum absolute atomic E-state index is 0. The van der Waals surface area contributed by atoms with Crippen molar-refractivity contribution in [2.45, 2.75) is 0 Å². The van der Waals surface area contributed by atoms with E-state index in [-0.39, 0.29) is 93.7 Å². The topological polar surface area (TPSA) is 580 Å². The molecule has 0 amide bonds. The van der Waals surface area contributed by atoms with Crippen LogP contribution in [0.25, 0.3) is 0 Å². The fraction of sp³-hybridized carbons (Fsp3) is 0. The van der Waals surface area contributed by atoms with E-state index in [0.29, 0.717) is 0 Å². The molecule has 0 aromatic carbocycles. The van der Waals surface area contributed by atoms with Crippen molar-refractivity contribution in [1.29, 1.82) is 0 Å². The average molecular weight is 559 g/mol. The third-order valence-electron chi connectivity index (χ3n) is 0. The van der Waals surface area contributed by atoms with Crippen LogP contribution in [0.1, 0.15) is 0 Å². The van der Waals surface area contributed by atoms with Crippen molar-refractivity contribution in [3.8, 4) is 0 Å². The molecule has 0 bridgehead atoms. The Balaban J connectivity index is -0.00000000429. The van der Waals surface area contributed by atoms with Gasteiger partial charge < -0.3 is 116 Å². The minimum atomic E-state index is -1.75. The molecule has 0 saturated carbocycles. The molecule has 0 aromatic rings. The van der Waals surface area contributed by atoms with Crippen LogP contribution < -0.4 is 0 Å². The standard InChI is InChI=1S/4NO3.10H2O.2Zn/c4*2-1(3)4;;;;;;;;;;;;/h;;;;10*1H2;;/q4*-1;;;;;;;;;;;2*+2. The summed E-state index contributed by atoms with van der Waals surface area (Å²) in [6.07, 6.45) is 0. The van der Waals surface area contributed by atoms with E-state index in [1.807, 2.05) is 0 Å². The zero-order valence-electron chi connectivity index (χ0n) is 13.1. The van der Waals surface area contributed by atoms with Crippen molar-refractivity contribution < 1.29 is 114 Å². The molecule has 0 aliphatic heterocycles. The van der Waals surface area contributed by atoms with Gasteiger partial charge in [0.15, 0.2) is 0 Å². The van der Waals surface area contributed by atoms with E-state index in [0.717, 1.165) is 0 Å². The van der Waals surface area contributed by atoms with Crippen LogP contribution in [0.2, 0.25) is 0 Å². The van der Waals surface area contributed by atoms with Crippen LogP contribution in [0.4, 0.5) is 0 Å². The zero-order valence-corrected chi connectivity index (χ0v) is 19.0. The summed E-state index contributed by atoms with van der Waals surface area (Å²) in [5.74, 6) is 0. The molecule has 0 atom stereocenters. The van der Waals surface area contributed by atoms with Crippen molar-refractivity contribution in [3.63, 3.8) is 0 Å². The molecule has 28 heteroatoms. The van der Waals surface area contributed by atoms with Gasteiger partial charge in [0.1, 0.15) is 0 Å². The maximum Gasteiger partial charge on any atom is 2.00 e. The molecule has 26 nitrogen and oxygen atoms in total. The van der Waals surface area contributed by atoms with Crippen LogP contribution in [-0.4, -0.2) is 75.1 Å². The molecule has 0 heterocycles. The predicted octanol–water partition coefficient (Wildman–Crippen LogP) is -9.21. The Bertz CT molecular complexity index is 167. The number of hydrogen-bond donors (Lipinski definition) is 0. The van der Waals surface area contributed by atoms with E-state index in [9.17, 15) is 0 Å². The molecule has 20 N–H and O–H groups in total. The summed E-state index contributed by atoms with van der Waals surface area (Å²) in [4.78, 5) is 33.0. The van der Waals surface area contributed by atoms with Gasteiger partial charge >= 0.3 is 39.0 Å². The van der Waals surface area contributed by atoms with Gasteiger partial charge in [-0.1, -0.05) is 0 Å². The number of nitrogens with zero attached hydrogens (tertiary/aromatic N) is 4. The third kappa shape index (κ3) is 2190. The van der Waals surface area contributed by atoms with Gasteiger partial charge in [0.05, 0.1) is 20.3 Å². The normalized spacial score (nSPS) is 3.43. The van der Waals surface area contributed by atoms with Crippen LogP contribution in [0.15, 0.2) is 0 Å². The molecular weight excluding hydrogens is 539 g/mol. The summed E-state index contributed by atoms with van der Waals surface area (Å²) in [6.45, 7) is 0. The van der Waals surface area contributed by atoms with Gasteiger partial charge in [0.25, 0.3) is 0 Å². The Kier molecular flexibility index (Phi) is 885. The molecule has 0 aliphatic carbocycles. The second kappa shape index (κ2) is 148. The molecule has 0 rings (SSSR count). The van der Waals surface area contributed by atoms with Crippen molar-refractivity contribution in [3.05, 3.63) is 61.3 Å². The fourth-order valence-corrected chi connectivity index (χ4v) is 0. The Labute approximate surface area is 176 Å². The Morgan fingerprint density at radius 2 is 0.286 bits per heavy atom. The first-order valence-electron chi connectivity index (χ1n) is 2.19. The Hall–Kier alpha value is -2.35. The van der Waals surface area contributed by atoms with E-state index in [1.54, 1.807) is 0 Å². The second-order valence-corrected chi connectivity index (χ2v) is 0.894. The molecule has 0 fully saturated rings. The van der Waals surface area contributed by atoms with Gasteiger partial charge in [-0.2, -0.15) is 0 Å². The fourth-order valence-electron chi connectivity index (χ4n) is 0. The molecular formula is H20N4O22Zn2. The SMILES string of the molecule is O.O.O.O.O.O.O.O.O.O.O=[N+]([O-])[O-].O=[N+]([O-])[O-].O=[N+]([O-])[O-].O=[N+]([O-])[O-].[Zn+2].[Zn+2]. The van der Waals surface area contributed by atoms with E-state index in [2.05, 4.69) is 0 Å². The van der Waals surface area contributed by atoms with Gasteiger partial charge in [0, 0.05) is 0 Å². The first kappa shape index (κ1) is 167. The molecule has 0 aromatic heterocycles. The van der Waals surface area contributed by atoms with E-state index in [4.69, 9.17) is 61.3 Å². The van der Waals surface area contributed by atoms with Gasteiger partial charge in [-0.05, 0) is 0 Å². The molecule has 0 spiro atoms. The van der Waals surface area contributed by atoms with E-state index >= 15 is 0 Å². The summed E-state index contributed by atoms with van der Waals surface area (Å²) in [5, 5.41) is 59.0. The van der Waals surface area contributed by atoms with Crippen LogP contribution in [0.3, 0.4) is 0 Å². The third-order valence-corrected chi connectivity index (χ3v) is 0. The quantitative estimate of drug-likeness (QED) is 0.152. The second-order valence-electron chi connectivity index (χ2n) is 0.894. The zero-order chi connectivity index (χ0) is 14.3. The van der Waals surface area contributed by atoms with Gasteiger partial charge in [-0.15, -0.1) is 0 Å². The summed E-state index contributed by atoms with van der Waals surface area (Å²) in [6, 6.07) is 0. The minimum Gasteiger partial charge on any atom is -0.412 e.